The molecule has 1 saturated heterocycles. The lowest BCUT2D eigenvalue weighted by atomic mass is 9.65. The zero-order valence-corrected chi connectivity index (χ0v) is 18.1. The molecule has 2 fully saturated rings. The first-order valence-corrected chi connectivity index (χ1v) is 11.4. The largest absolute Gasteiger partial charge is 0.368 e. The number of rotatable bonds is 4. The summed E-state index contributed by atoms with van der Waals surface area (Å²) in [5.74, 6) is 2.30. The Labute approximate surface area is 182 Å². The smallest absolute Gasteiger partial charge is 0.178 e. The molecule has 5 rings (SSSR count). The molecule has 4 heterocycles. The number of aryl methyl sites for hydroxylation is 1. The Balaban J connectivity index is 1.21. The summed E-state index contributed by atoms with van der Waals surface area (Å²) >= 11 is 0. The number of aliphatic hydroxyl groups is 2. The molecule has 1 aliphatic carbocycles. The Kier molecular flexibility index (Phi) is 5.40. The van der Waals surface area contributed by atoms with E-state index < -0.39 is 6.29 Å². The fraction of sp³-hybridized carbons (Fsp3) is 0.542. The van der Waals surface area contributed by atoms with Crippen molar-refractivity contribution in [2.24, 2.45) is 11.3 Å². The number of hydrogen-bond acceptors (Lipinski definition) is 6. The van der Waals surface area contributed by atoms with Gasteiger partial charge in [0.1, 0.15) is 11.6 Å². The molecule has 3 aromatic heterocycles. The minimum Gasteiger partial charge on any atom is -0.368 e. The monoisotopic (exact) mass is 421 g/mol. The lowest BCUT2D eigenvalue weighted by Gasteiger charge is -2.46. The van der Waals surface area contributed by atoms with E-state index in [1.807, 2.05) is 25.3 Å². The molecule has 31 heavy (non-hydrogen) atoms. The Morgan fingerprint density at radius 3 is 2.52 bits per heavy atom. The summed E-state index contributed by atoms with van der Waals surface area (Å²) in [6.45, 7) is 4.04. The fourth-order valence-electron chi connectivity index (χ4n) is 5.37. The minimum atomic E-state index is -1.16. The van der Waals surface area contributed by atoms with Gasteiger partial charge in [0.05, 0.1) is 5.52 Å². The van der Waals surface area contributed by atoms with Crippen LogP contribution in [0.1, 0.15) is 50.6 Å². The third-order valence-electron chi connectivity index (χ3n) is 7.36. The molecule has 7 heteroatoms. The van der Waals surface area contributed by atoms with E-state index in [0.717, 1.165) is 60.0 Å². The number of nitrogens with zero attached hydrogens (tertiary/aromatic N) is 4. The van der Waals surface area contributed by atoms with Crippen LogP contribution in [0.15, 0.2) is 30.5 Å². The zero-order valence-electron chi connectivity index (χ0n) is 18.1. The molecule has 164 valence electrons. The first-order valence-electron chi connectivity index (χ1n) is 11.4. The molecule has 0 bridgehead atoms. The Bertz CT molecular complexity index is 1030. The molecule has 3 aromatic rings. The van der Waals surface area contributed by atoms with E-state index in [1.165, 1.54) is 25.7 Å². The number of aliphatic hydroxyl groups excluding tert-OH is 1. The number of H-pyrrole nitrogens is 1. The van der Waals surface area contributed by atoms with Gasteiger partial charge in [-0.05, 0) is 81.0 Å². The molecule has 1 spiro atoms. The van der Waals surface area contributed by atoms with Crippen molar-refractivity contribution in [2.45, 2.75) is 58.2 Å². The predicted octanol–water partition coefficient (Wildman–Crippen LogP) is 3.81. The Morgan fingerprint density at radius 1 is 1.06 bits per heavy atom. The van der Waals surface area contributed by atoms with Crippen LogP contribution in [0.2, 0.25) is 0 Å². The maximum absolute atomic E-state index is 9.24. The molecule has 2 aliphatic rings. The number of hydrogen-bond donors (Lipinski definition) is 3. The van der Waals surface area contributed by atoms with Gasteiger partial charge < -0.3 is 20.1 Å². The summed E-state index contributed by atoms with van der Waals surface area (Å²) in [5.41, 5.74) is 4.05. The van der Waals surface area contributed by atoms with Crippen molar-refractivity contribution >= 4 is 17.0 Å². The van der Waals surface area contributed by atoms with E-state index in [1.54, 1.807) is 0 Å². The summed E-state index contributed by atoms with van der Waals surface area (Å²) in [7, 11) is 0. The summed E-state index contributed by atoms with van der Waals surface area (Å²) in [5, 5.41) is 18.5. The van der Waals surface area contributed by atoms with Gasteiger partial charge in [-0.2, -0.15) is 0 Å². The summed E-state index contributed by atoms with van der Waals surface area (Å²) in [6, 6.07) is 8.18. The summed E-state index contributed by atoms with van der Waals surface area (Å²) in [6.07, 6.45) is 8.32. The second-order valence-corrected chi connectivity index (χ2v) is 9.46. The van der Waals surface area contributed by atoms with Gasteiger partial charge in [0.25, 0.3) is 0 Å². The van der Waals surface area contributed by atoms with Crippen molar-refractivity contribution in [1.29, 1.82) is 0 Å². The Hall–Kier alpha value is -2.51. The minimum absolute atomic E-state index is 0.437. The maximum Gasteiger partial charge on any atom is 0.178 e. The van der Waals surface area contributed by atoms with Crippen LogP contribution in [-0.4, -0.2) is 49.5 Å². The van der Waals surface area contributed by atoms with Crippen molar-refractivity contribution in [3.63, 3.8) is 0 Å². The molecule has 1 saturated carbocycles. The molecular weight excluding hydrogens is 390 g/mol. The molecule has 0 radical (unpaired) electrons. The van der Waals surface area contributed by atoms with Crippen molar-refractivity contribution < 1.29 is 10.2 Å². The summed E-state index contributed by atoms with van der Waals surface area (Å²) < 4.78 is 0. The molecule has 0 aromatic carbocycles. The quantitative estimate of drug-likeness (QED) is 0.554. The number of pyridine rings is 2. The van der Waals surface area contributed by atoms with Crippen molar-refractivity contribution in [3.05, 3.63) is 36.2 Å². The summed E-state index contributed by atoms with van der Waals surface area (Å²) in [4.78, 5) is 19.6. The lowest BCUT2D eigenvalue weighted by molar-refractivity contribution is -0.0633. The average molecular weight is 422 g/mol. The number of piperidine rings is 1. The highest BCUT2D eigenvalue weighted by atomic mass is 16.5. The molecule has 1 aliphatic heterocycles. The van der Waals surface area contributed by atoms with Crippen molar-refractivity contribution in [2.75, 3.05) is 18.0 Å². The first kappa shape index (κ1) is 20.4. The van der Waals surface area contributed by atoms with Gasteiger partial charge in [0.2, 0.25) is 0 Å². The number of fused-ring (bicyclic) bond motifs is 1. The molecule has 3 N–H and O–H groups in total. The maximum atomic E-state index is 9.24. The predicted molar refractivity (Wildman–Crippen MR) is 121 cm³/mol. The van der Waals surface area contributed by atoms with Gasteiger partial charge in [0.15, 0.2) is 11.9 Å². The average Bonchev–Trinajstić information content (AvgIpc) is 3.19. The second kappa shape index (κ2) is 8.20. The highest BCUT2D eigenvalue weighted by Gasteiger charge is 2.38. The van der Waals surface area contributed by atoms with Crippen LogP contribution in [-0.2, 0) is 0 Å². The normalized spacial score (nSPS) is 19.5. The van der Waals surface area contributed by atoms with Gasteiger partial charge in [-0.1, -0.05) is 0 Å². The van der Waals surface area contributed by atoms with Crippen LogP contribution in [0.4, 0.5) is 5.82 Å². The van der Waals surface area contributed by atoms with Crippen LogP contribution in [0.3, 0.4) is 0 Å². The highest BCUT2D eigenvalue weighted by Crippen LogP contribution is 2.47. The van der Waals surface area contributed by atoms with E-state index in [9.17, 15) is 10.2 Å². The second-order valence-electron chi connectivity index (χ2n) is 9.46. The number of aromatic amines is 1. The van der Waals surface area contributed by atoms with Gasteiger partial charge in [-0.25, -0.2) is 15.0 Å². The van der Waals surface area contributed by atoms with Crippen molar-refractivity contribution in [1.82, 2.24) is 19.9 Å². The van der Waals surface area contributed by atoms with Crippen LogP contribution >= 0.6 is 0 Å². The third kappa shape index (κ3) is 4.29. The molecule has 0 unspecified atom stereocenters. The molecule has 0 amide bonds. The van der Waals surface area contributed by atoms with E-state index in [2.05, 4.69) is 32.0 Å². The van der Waals surface area contributed by atoms with Gasteiger partial charge in [-0.15, -0.1) is 0 Å². The van der Waals surface area contributed by atoms with E-state index in [0.29, 0.717) is 17.8 Å². The lowest BCUT2D eigenvalue weighted by Crippen LogP contribution is -2.42. The van der Waals surface area contributed by atoms with Crippen molar-refractivity contribution in [3.8, 4) is 11.4 Å². The topological polar surface area (TPSA) is 98.2 Å². The van der Waals surface area contributed by atoms with E-state index in [-0.39, 0.29) is 0 Å². The zero-order chi connectivity index (χ0) is 21.4. The number of nitrogens with one attached hydrogen (secondary N) is 1. The van der Waals surface area contributed by atoms with Gasteiger partial charge in [-0.3, -0.25) is 0 Å². The van der Waals surface area contributed by atoms with E-state index in [4.69, 9.17) is 4.98 Å². The number of imidazole rings is 1. The number of anilines is 1. The van der Waals surface area contributed by atoms with Crippen LogP contribution in [0.25, 0.3) is 22.6 Å². The van der Waals surface area contributed by atoms with Crippen LogP contribution in [0.5, 0.6) is 0 Å². The SMILES string of the molecule is Cc1ccc2[nH]c(-c3ccc(N4CCC5(CCC(CC(O)O)CC5)CC4)nc3)nc2n1. The highest BCUT2D eigenvalue weighted by molar-refractivity contribution is 5.76. The van der Waals surface area contributed by atoms with Crippen LogP contribution in [0, 0.1) is 18.3 Å². The van der Waals surface area contributed by atoms with Crippen LogP contribution < -0.4 is 4.90 Å². The van der Waals surface area contributed by atoms with E-state index >= 15 is 0 Å². The van der Waals surface area contributed by atoms with Gasteiger partial charge >= 0.3 is 0 Å². The first-order chi connectivity index (χ1) is 15.0. The molecule has 7 nitrogen and oxygen atoms in total. The molecule has 0 atom stereocenters. The van der Waals surface area contributed by atoms with Gasteiger partial charge in [0, 0.05) is 37.0 Å². The number of aromatic nitrogens is 4. The molecular formula is C24H31N5O2. The Morgan fingerprint density at radius 2 is 1.84 bits per heavy atom. The standard InChI is InChI=1S/C24H31N5O2/c1-16-2-4-19-23(26-16)28-22(27-19)18-3-5-20(25-15-18)29-12-10-24(11-13-29)8-6-17(7-9-24)14-21(30)31/h2-5,15,17,21,30-31H,6-14H2,1H3,(H,26,27,28). The third-order valence-corrected chi connectivity index (χ3v) is 7.36. The fourth-order valence-corrected chi connectivity index (χ4v) is 5.37.